The lowest BCUT2D eigenvalue weighted by atomic mass is 10.2. The largest absolute Gasteiger partial charge is 0.478 e. The van der Waals surface area contributed by atoms with Gasteiger partial charge in [0, 0.05) is 13.1 Å². The van der Waals surface area contributed by atoms with Crippen molar-refractivity contribution in [1.82, 2.24) is 9.88 Å². The van der Waals surface area contributed by atoms with E-state index in [0.717, 1.165) is 26.1 Å². The zero-order valence-corrected chi connectivity index (χ0v) is 12.3. The Bertz CT molecular complexity index is 438. The molecule has 5 nitrogen and oxygen atoms in total. The second kappa shape index (κ2) is 7.31. The summed E-state index contributed by atoms with van der Waals surface area (Å²) in [6, 6.07) is 2.93. The number of aromatic carboxylic acids is 1. The highest BCUT2D eigenvalue weighted by molar-refractivity contribution is 6.29. The van der Waals surface area contributed by atoms with Crippen LogP contribution in [0.3, 0.4) is 0 Å². The molecule has 0 atom stereocenters. The maximum absolute atomic E-state index is 11.0. The first-order chi connectivity index (χ1) is 8.93. The first kappa shape index (κ1) is 15.7. The SMILES string of the molecule is CCN(CCCN(C)C)c1cc(C(=O)O)cc(Cl)n1. The minimum absolute atomic E-state index is 0.168. The zero-order chi connectivity index (χ0) is 14.4. The fourth-order valence-electron chi connectivity index (χ4n) is 1.78. The highest BCUT2D eigenvalue weighted by Crippen LogP contribution is 2.18. The van der Waals surface area contributed by atoms with Crippen LogP contribution in [0.25, 0.3) is 0 Å². The number of anilines is 1. The average Bonchev–Trinajstić information content (AvgIpc) is 2.33. The number of hydrogen-bond acceptors (Lipinski definition) is 4. The molecule has 19 heavy (non-hydrogen) atoms. The number of hydrogen-bond donors (Lipinski definition) is 1. The highest BCUT2D eigenvalue weighted by Gasteiger charge is 2.12. The molecule has 1 aromatic heterocycles. The molecule has 0 spiro atoms. The monoisotopic (exact) mass is 285 g/mol. The summed E-state index contributed by atoms with van der Waals surface area (Å²) in [5.74, 6) is -0.374. The molecule has 0 aliphatic carbocycles. The molecule has 1 aromatic rings. The van der Waals surface area contributed by atoms with Gasteiger partial charge in [-0.25, -0.2) is 9.78 Å². The molecule has 0 unspecified atom stereocenters. The van der Waals surface area contributed by atoms with Crippen molar-refractivity contribution in [2.75, 3.05) is 38.6 Å². The molecule has 1 rings (SSSR count). The van der Waals surface area contributed by atoms with Crippen molar-refractivity contribution in [3.63, 3.8) is 0 Å². The van der Waals surface area contributed by atoms with Gasteiger partial charge in [0.25, 0.3) is 0 Å². The number of rotatable bonds is 7. The molecule has 0 aromatic carbocycles. The minimum Gasteiger partial charge on any atom is -0.478 e. The molecule has 0 saturated heterocycles. The Hall–Kier alpha value is -1.33. The topological polar surface area (TPSA) is 56.7 Å². The Balaban J connectivity index is 2.82. The first-order valence-corrected chi connectivity index (χ1v) is 6.62. The van der Waals surface area contributed by atoms with Crippen LogP contribution in [0, 0.1) is 0 Å². The van der Waals surface area contributed by atoms with Crippen molar-refractivity contribution in [1.29, 1.82) is 0 Å². The molecule has 0 bridgehead atoms. The van der Waals surface area contributed by atoms with Crippen molar-refractivity contribution in [3.8, 4) is 0 Å². The van der Waals surface area contributed by atoms with Crippen LogP contribution < -0.4 is 4.90 Å². The molecule has 0 radical (unpaired) electrons. The fourth-order valence-corrected chi connectivity index (χ4v) is 1.99. The van der Waals surface area contributed by atoms with Gasteiger partial charge in [-0.05, 0) is 46.1 Å². The number of halogens is 1. The van der Waals surface area contributed by atoms with Crippen LogP contribution in [0.5, 0.6) is 0 Å². The van der Waals surface area contributed by atoms with E-state index in [4.69, 9.17) is 16.7 Å². The van der Waals surface area contributed by atoms with Crippen LogP contribution in [0.2, 0.25) is 5.15 Å². The van der Waals surface area contributed by atoms with Gasteiger partial charge in [0.05, 0.1) is 5.56 Å². The van der Waals surface area contributed by atoms with Crippen molar-refractivity contribution in [3.05, 3.63) is 22.8 Å². The Kier molecular flexibility index (Phi) is 6.05. The summed E-state index contributed by atoms with van der Waals surface area (Å²) >= 11 is 5.87. The van der Waals surface area contributed by atoms with Crippen molar-refractivity contribution < 1.29 is 9.90 Å². The number of carboxylic acids is 1. The third-order valence-corrected chi connectivity index (χ3v) is 2.96. The molecule has 0 fully saturated rings. The Morgan fingerprint density at radius 3 is 2.58 bits per heavy atom. The minimum atomic E-state index is -0.991. The standard InChI is InChI=1S/C13H20ClN3O2/c1-4-17(7-5-6-16(2)3)12-9-10(13(18)19)8-11(14)15-12/h8-9H,4-7H2,1-3H3,(H,18,19). The summed E-state index contributed by atoms with van der Waals surface area (Å²) in [4.78, 5) is 19.4. The highest BCUT2D eigenvalue weighted by atomic mass is 35.5. The van der Waals surface area contributed by atoms with Gasteiger partial charge in [-0.3, -0.25) is 0 Å². The Labute approximate surface area is 118 Å². The molecular weight excluding hydrogens is 266 g/mol. The molecule has 1 N–H and O–H groups in total. The van der Waals surface area contributed by atoms with Gasteiger partial charge in [-0.15, -0.1) is 0 Å². The van der Waals surface area contributed by atoms with Crippen molar-refractivity contribution in [2.24, 2.45) is 0 Å². The van der Waals surface area contributed by atoms with Gasteiger partial charge in [0.1, 0.15) is 11.0 Å². The van der Waals surface area contributed by atoms with E-state index in [2.05, 4.69) is 9.88 Å². The number of carbonyl (C=O) groups is 1. The van der Waals surface area contributed by atoms with E-state index in [9.17, 15) is 4.79 Å². The maximum atomic E-state index is 11.0. The quantitative estimate of drug-likeness (QED) is 0.779. The summed E-state index contributed by atoms with van der Waals surface area (Å²) in [5, 5.41) is 9.23. The van der Waals surface area contributed by atoms with E-state index in [0.29, 0.717) is 5.82 Å². The number of aromatic nitrogens is 1. The molecule has 6 heteroatoms. The molecule has 0 saturated carbocycles. The average molecular weight is 286 g/mol. The smallest absolute Gasteiger partial charge is 0.335 e. The second-order valence-corrected chi connectivity index (χ2v) is 4.97. The van der Waals surface area contributed by atoms with E-state index in [1.165, 1.54) is 6.07 Å². The van der Waals surface area contributed by atoms with Gasteiger partial charge in [-0.2, -0.15) is 0 Å². The Morgan fingerprint density at radius 2 is 2.05 bits per heavy atom. The lowest BCUT2D eigenvalue weighted by Crippen LogP contribution is -2.28. The summed E-state index contributed by atoms with van der Waals surface area (Å²) < 4.78 is 0. The zero-order valence-electron chi connectivity index (χ0n) is 11.6. The van der Waals surface area contributed by atoms with Crippen LogP contribution in [-0.2, 0) is 0 Å². The molecule has 0 amide bonds. The summed E-state index contributed by atoms with van der Waals surface area (Å²) in [5.41, 5.74) is 0.168. The third kappa shape index (κ3) is 5.04. The normalized spacial score (nSPS) is 10.8. The predicted molar refractivity (Wildman–Crippen MR) is 77.3 cm³/mol. The van der Waals surface area contributed by atoms with Crippen molar-refractivity contribution in [2.45, 2.75) is 13.3 Å². The predicted octanol–water partition coefficient (Wildman–Crippen LogP) is 2.21. The third-order valence-electron chi connectivity index (χ3n) is 2.77. The van der Waals surface area contributed by atoms with E-state index in [1.807, 2.05) is 25.9 Å². The van der Waals surface area contributed by atoms with Crippen LogP contribution in [0.15, 0.2) is 12.1 Å². The van der Waals surface area contributed by atoms with Gasteiger partial charge in [0.2, 0.25) is 0 Å². The molecule has 1 heterocycles. The molecule has 0 aliphatic heterocycles. The molecular formula is C13H20ClN3O2. The van der Waals surface area contributed by atoms with Crippen LogP contribution >= 0.6 is 11.6 Å². The fraction of sp³-hybridized carbons (Fsp3) is 0.538. The first-order valence-electron chi connectivity index (χ1n) is 6.24. The van der Waals surface area contributed by atoms with Gasteiger partial charge in [0.15, 0.2) is 0 Å². The molecule has 106 valence electrons. The second-order valence-electron chi connectivity index (χ2n) is 4.58. The van der Waals surface area contributed by atoms with Crippen LogP contribution in [-0.4, -0.2) is 54.7 Å². The number of nitrogens with zero attached hydrogens (tertiary/aromatic N) is 3. The van der Waals surface area contributed by atoms with Gasteiger partial charge in [-0.1, -0.05) is 11.6 Å². The summed E-state index contributed by atoms with van der Waals surface area (Å²) in [6.45, 7) is 4.57. The molecule has 0 aliphatic rings. The summed E-state index contributed by atoms with van der Waals surface area (Å²) in [7, 11) is 4.05. The van der Waals surface area contributed by atoms with Gasteiger partial charge < -0.3 is 14.9 Å². The number of carboxylic acid groups (broad SMARTS) is 1. The maximum Gasteiger partial charge on any atom is 0.335 e. The van der Waals surface area contributed by atoms with Gasteiger partial charge >= 0.3 is 5.97 Å². The van der Waals surface area contributed by atoms with E-state index < -0.39 is 5.97 Å². The Morgan fingerprint density at radius 1 is 1.37 bits per heavy atom. The van der Waals surface area contributed by atoms with Crippen molar-refractivity contribution >= 4 is 23.4 Å². The summed E-state index contributed by atoms with van der Waals surface area (Å²) in [6.07, 6.45) is 0.984. The van der Waals surface area contributed by atoms with Crippen LogP contribution in [0.4, 0.5) is 5.82 Å². The van der Waals surface area contributed by atoms with E-state index in [1.54, 1.807) is 6.07 Å². The lowest BCUT2D eigenvalue weighted by Gasteiger charge is -2.23. The number of pyridine rings is 1. The lowest BCUT2D eigenvalue weighted by molar-refractivity contribution is 0.0697. The van der Waals surface area contributed by atoms with E-state index >= 15 is 0 Å². The van der Waals surface area contributed by atoms with E-state index in [-0.39, 0.29) is 10.7 Å². The van der Waals surface area contributed by atoms with Crippen LogP contribution in [0.1, 0.15) is 23.7 Å².